The fourth-order valence-electron chi connectivity index (χ4n) is 2.34. The predicted octanol–water partition coefficient (Wildman–Crippen LogP) is 1.99. The third kappa shape index (κ3) is 4.19. The summed E-state index contributed by atoms with van der Waals surface area (Å²) in [5, 5.41) is 17.3. The number of thiophene rings is 1. The Morgan fingerprint density at radius 3 is 2.95 bits per heavy atom. The predicted molar refractivity (Wildman–Crippen MR) is 78.9 cm³/mol. The van der Waals surface area contributed by atoms with E-state index in [9.17, 15) is 9.90 Å². The number of likely N-dealkylation sites (tertiary alicyclic amines) is 1. The van der Waals surface area contributed by atoms with E-state index in [0.29, 0.717) is 32.3 Å². The molecule has 0 spiro atoms. The Balaban J connectivity index is 1.68. The minimum absolute atomic E-state index is 0.218. The lowest BCUT2D eigenvalue weighted by molar-refractivity contribution is 0.0928. The van der Waals surface area contributed by atoms with Crippen LogP contribution in [0.1, 0.15) is 31.4 Å². The molecule has 1 aliphatic heterocycles. The van der Waals surface area contributed by atoms with E-state index in [0.717, 1.165) is 18.4 Å². The molecule has 1 saturated heterocycles. The molecule has 1 aromatic heterocycles. The van der Waals surface area contributed by atoms with Gasteiger partial charge in [0, 0.05) is 25.7 Å². The Bertz CT molecular complexity index is 403. The Labute approximate surface area is 123 Å². The van der Waals surface area contributed by atoms with Gasteiger partial charge in [-0.05, 0) is 42.2 Å². The second-order valence-corrected chi connectivity index (χ2v) is 5.72. The van der Waals surface area contributed by atoms with Gasteiger partial charge >= 0.3 is 6.09 Å². The zero-order valence-corrected chi connectivity index (χ0v) is 12.6. The van der Waals surface area contributed by atoms with E-state index in [4.69, 9.17) is 4.74 Å². The van der Waals surface area contributed by atoms with Crippen LogP contribution in [0.2, 0.25) is 0 Å². The van der Waals surface area contributed by atoms with Gasteiger partial charge in [-0.25, -0.2) is 4.79 Å². The van der Waals surface area contributed by atoms with Crippen LogP contribution in [-0.4, -0.2) is 48.4 Å². The molecule has 1 aromatic rings. The number of rotatable bonds is 5. The number of aliphatic hydroxyl groups excluding tert-OH is 1. The van der Waals surface area contributed by atoms with Gasteiger partial charge < -0.3 is 20.1 Å². The van der Waals surface area contributed by atoms with E-state index < -0.39 is 6.10 Å². The van der Waals surface area contributed by atoms with Crippen LogP contribution >= 0.6 is 11.3 Å². The Morgan fingerprint density at radius 1 is 1.60 bits per heavy atom. The molecule has 5 nitrogen and oxygen atoms in total. The summed E-state index contributed by atoms with van der Waals surface area (Å²) in [6, 6.07) is 2.30. The topological polar surface area (TPSA) is 61.8 Å². The van der Waals surface area contributed by atoms with Crippen molar-refractivity contribution < 1.29 is 14.6 Å². The van der Waals surface area contributed by atoms with Gasteiger partial charge in [-0.15, -0.1) is 0 Å². The average molecular weight is 298 g/mol. The molecule has 1 amide bonds. The van der Waals surface area contributed by atoms with Crippen LogP contribution in [-0.2, 0) is 4.74 Å². The largest absolute Gasteiger partial charge is 0.450 e. The highest BCUT2D eigenvalue weighted by Crippen LogP contribution is 2.17. The number of hydrogen-bond acceptors (Lipinski definition) is 5. The first kappa shape index (κ1) is 15.3. The summed E-state index contributed by atoms with van der Waals surface area (Å²) in [7, 11) is 0. The molecular formula is C14H22N2O3S. The van der Waals surface area contributed by atoms with Crippen LogP contribution in [0, 0.1) is 0 Å². The second kappa shape index (κ2) is 7.61. The number of carbonyl (C=O) groups is 1. The van der Waals surface area contributed by atoms with Crippen molar-refractivity contribution in [1.82, 2.24) is 10.2 Å². The van der Waals surface area contributed by atoms with E-state index in [1.54, 1.807) is 16.2 Å². The van der Waals surface area contributed by atoms with E-state index in [2.05, 4.69) is 5.32 Å². The van der Waals surface area contributed by atoms with Crippen LogP contribution in [0.3, 0.4) is 0 Å². The van der Waals surface area contributed by atoms with E-state index in [1.807, 2.05) is 23.8 Å². The first-order valence-corrected chi connectivity index (χ1v) is 8.00. The summed E-state index contributed by atoms with van der Waals surface area (Å²) in [4.78, 5) is 13.3. The molecule has 2 rings (SSSR count). The highest BCUT2D eigenvalue weighted by atomic mass is 32.1. The van der Waals surface area contributed by atoms with Gasteiger partial charge in [0.2, 0.25) is 0 Å². The van der Waals surface area contributed by atoms with Gasteiger partial charge in [-0.1, -0.05) is 0 Å². The lowest BCUT2D eigenvalue weighted by Gasteiger charge is -2.32. The average Bonchev–Trinajstić information content (AvgIpc) is 3.00. The first-order valence-electron chi connectivity index (χ1n) is 7.06. The molecule has 6 heteroatoms. The molecule has 112 valence electrons. The quantitative estimate of drug-likeness (QED) is 0.873. The standard InChI is InChI=1S/C14H22N2O3S/c1-2-19-14(18)16-6-3-12(4-7-16)15-9-13(17)11-5-8-20-10-11/h5,8,10,12-13,15,17H,2-4,6-7,9H2,1H3. The fourth-order valence-corrected chi connectivity index (χ4v) is 3.05. The van der Waals surface area contributed by atoms with Crippen LogP contribution in [0.4, 0.5) is 4.79 Å². The molecule has 1 aliphatic rings. The fraction of sp³-hybridized carbons (Fsp3) is 0.643. The smallest absolute Gasteiger partial charge is 0.409 e. The molecule has 2 N–H and O–H groups in total. The van der Waals surface area contributed by atoms with Crippen LogP contribution in [0.5, 0.6) is 0 Å². The zero-order valence-electron chi connectivity index (χ0n) is 11.7. The van der Waals surface area contributed by atoms with Gasteiger partial charge in [-0.2, -0.15) is 11.3 Å². The minimum atomic E-state index is -0.454. The van der Waals surface area contributed by atoms with Gasteiger partial charge in [0.1, 0.15) is 0 Å². The summed E-state index contributed by atoms with van der Waals surface area (Å²) in [6.45, 7) is 4.22. The van der Waals surface area contributed by atoms with Gasteiger partial charge in [0.05, 0.1) is 12.7 Å². The van der Waals surface area contributed by atoms with Crippen molar-refractivity contribution in [3.05, 3.63) is 22.4 Å². The number of amides is 1. The molecule has 0 saturated carbocycles. The van der Waals surface area contributed by atoms with Gasteiger partial charge in [0.25, 0.3) is 0 Å². The van der Waals surface area contributed by atoms with E-state index in [1.165, 1.54) is 0 Å². The number of carbonyl (C=O) groups excluding carboxylic acids is 1. The Morgan fingerprint density at radius 2 is 2.35 bits per heavy atom. The van der Waals surface area contributed by atoms with Crippen molar-refractivity contribution in [3.8, 4) is 0 Å². The van der Waals surface area contributed by atoms with Crippen LogP contribution in [0.15, 0.2) is 16.8 Å². The number of nitrogens with zero attached hydrogens (tertiary/aromatic N) is 1. The van der Waals surface area contributed by atoms with Crippen LogP contribution in [0.25, 0.3) is 0 Å². The highest BCUT2D eigenvalue weighted by Gasteiger charge is 2.23. The monoisotopic (exact) mass is 298 g/mol. The molecule has 0 radical (unpaired) electrons. The van der Waals surface area contributed by atoms with Crippen molar-refractivity contribution >= 4 is 17.4 Å². The van der Waals surface area contributed by atoms with Crippen molar-refractivity contribution in [2.75, 3.05) is 26.2 Å². The third-order valence-electron chi connectivity index (χ3n) is 3.55. The summed E-state index contributed by atoms with van der Waals surface area (Å²) in [6.07, 6.45) is 1.12. The maximum Gasteiger partial charge on any atom is 0.409 e. The number of piperidine rings is 1. The van der Waals surface area contributed by atoms with E-state index >= 15 is 0 Å². The number of hydrogen-bond donors (Lipinski definition) is 2. The molecule has 20 heavy (non-hydrogen) atoms. The van der Waals surface area contributed by atoms with Crippen LogP contribution < -0.4 is 5.32 Å². The lowest BCUT2D eigenvalue weighted by atomic mass is 10.0. The first-order chi connectivity index (χ1) is 9.70. The zero-order chi connectivity index (χ0) is 14.4. The van der Waals surface area contributed by atoms with E-state index in [-0.39, 0.29) is 6.09 Å². The molecule has 0 bridgehead atoms. The maximum atomic E-state index is 11.6. The summed E-state index contributed by atoms with van der Waals surface area (Å²) < 4.78 is 4.99. The van der Waals surface area contributed by atoms with Crippen molar-refractivity contribution in [2.45, 2.75) is 31.9 Å². The summed E-state index contributed by atoms with van der Waals surface area (Å²) in [5.74, 6) is 0. The highest BCUT2D eigenvalue weighted by molar-refractivity contribution is 7.07. The molecular weight excluding hydrogens is 276 g/mol. The molecule has 1 fully saturated rings. The Hall–Kier alpha value is -1.11. The lowest BCUT2D eigenvalue weighted by Crippen LogP contribution is -2.45. The number of ether oxygens (including phenoxy) is 1. The molecule has 1 unspecified atom stereocenters. The molecule has 1 atom stereocenters. The second-order valence-electron chi connectivity index (χ2n) is 4.94. The molecule has 2 heterocycles. The third-order valence-corrected chi connectivity index (χ3v) is 4.25. The number of nitrogens with one attached hydrogen (secondary N) is 1. The SMILES string of the molecule is CCOC(=O)N1CCC(NCC(O)c2ccsc2)CC1. The van der Waals surface area contributed by atoms with Crippen molar-refractivity contribution in [1.29, 1.82) is 0 Å². The summed E-state index contributed by atoms with van der Waals surface area (Å²) in [5.41, 5.74) is 0.964. The van der Waals surface area contributed by atoms with Gasteiger partial charge in [-0.3, -0.25) is 0 Å². The minimum Gasteiger partial charge on any atom is -0.450 e. The molecule has 0 aliphatic carbocycles. The van der Waals surface area contributed by atoms with Crippen molar-refractivity contribution in [2.24, 2.45) is 0 Å². The van der Waals surface area contributed by atoms with Crippen molar-refractivity contribution in [3.63, 3.8) is 0 Å². The maximum absolute atomic E-state index is 11.6. The summed E-state index contributed by atoms with van der Waals surface area (Å²) >= 11 is 1.59. The normalized spacial score (nSPS) is 18.0. The Kier molecular flexibility index (Phi) is 5.82. The number of aliphatic hydroxyl groups is 1. The molecule has 0 aromatic carbocycles. The van der Waals surface area contributed by atoms with Gasteiger partial charge in [0.15, 0.2) is 0 Å².